The highest BCUT2D eigenvalue weighted by molar-refractivity contribution is 5.99. The lowest BCUT2D eigenvalue weighted by atomic mass is 10.0. The Morgan fingerprint density at radius 2 is 1.88 bits per heavy atom. The van der Waals surface area contributed by atoms with Gasteiger partial charge in [-0.15, -0.1) is 0 Å². The van der Waals surface area contributed by atoms with Crippen LogP contribution in [0.15, 0.2) is 36.4 Å². The van der Waals surface area contributed by atoms with Crippen molar-refractivity contribution in [1.82, 2.24) is 10.4 Å². The molecule has 3 heteroatoms. The molecule has 0 aliphatic rings. The molecule has 0 saturated heterocycles. The number of nitrogens with one attached hydrogen (secondary N) is 1. The molecule has 1 amide bonds. The van der Waals surface area contributed by atoms with E-state index >= 15 is 0 Å². The summed E-state index contributed by atoms with van der Waals surface area (Å²) in [6.07, 6.45) is 0. The van der Waals surface area contributed by atoms with Crippen molar-refractivity contribution < 1.29 is 4.79 Å². The predicted octanol–water partition coefficient (Wildman–Crippen LogP) is 2.35. The molecule has 1 N–H and O–H groups in total. The van der Waals surface area contributed by atoms with Gasteiger partial charge < -0.3 is 0 Å². The van der Waals surface area contributed by atoms with E-state index in [-0.39, 0.29) is 5.91 Å². The lowest BCUT2D eigenvalue weighted by Crippen LogP contribution is -2.36. The van der Waals surface area contributed by atoms with Crippen LogP contribution < -0.4 is 5.43 Å². The maximum absolute atomic E-state index is 11.9. The molecule has 0 saturated carbocycles. The number of aryl methyl sites for hydroxylation is 1. The van der Waals surface area contributed by atoms with Gasteiger partial charge in [-0.1, -0.05) is 24.3 Å². The Labute approximate surface area is 101 Å². The number of hydrogen-bond donors (Lipinski definition) is 1. The van der Waals surface area contributed by atoms with Gasteiger partial charge in [0.15, 0.2) is 0 Å². The summed E-state index contributed by atoms with van der Waals surface area (Å²) in [6.45, 7) is 2.02. The van der Waals surface area contributed by atoms with Crippen molar-refractivity contribution in [2.24, 2.45) is 0 Å². The van der Waals surface area contributed by atoms with E-state index < -0.39 is 0 Å². The van der Waals surface area contributed by atoms with E-state index in [1.165, 1.54) is 5.39 Å². The zero-order valence-corrected chi connectivity index (χ0v) is 10.3. The van der Waals surface area contributed by atoms with E-state index in [9.17, 15) is 4.79 Å². The molecule has 0 unspecified atom stereocenters. The van der Waals surface area contributed by atoms with Crippen LogP contribution in [0.4, 0.5) is 0 Å². The van der Waals surface area contributed by atoms with E-state index in [1.807, 2.05) is 37.3 Å². The maximum atomic E-state index is 11.9. The number of carbonyl (C=O) groups is 1. The van der Waals surface area contributed by atoms with Crippen molar-refractivity contribution >= 4 is 16.7 Å². The molecule has 0 aliphatic heterocycles. The highest BCUT2D eigenvalue weighted by atomic mass is 16.2. The van der Waals surface area contributed by atoms with E-state index in [2.05, 4.69) is 11.5 Å². The van der Waals surface area contributed by atoms with Gasteiger partial charge >= 0.3 is 0 Å². The van der Waals surface area contributed by atoms with Crippen molar-refractivity contribution in [3.8, 4) is 0 Å². The normalized spacial score (nSPS) is 10.8. The Morgan fingerprint density at radius 3 is 2.59 bits per heavy atom. The van der Waals surface area contributed by atoms with Crippen LogP contribution in [0.5, 0.6) is 0 Å². The van der Waals surface area contributed by atoms with Crippen LogP contribution in [-0.2, 0) is 0 Å². The van der Waals surface area contributed by atoms with E-state index in [4.69, 9.17) is 0 Å². The van der Waals surface area contributed by atoms with E-state index in [0.717, 1.165) is 10.9 Å². The Balaban J connectivity index is 2.46. The van der Waals surface area contributed by atoms with Gasteiger partial charge in [-0.2, -0.15) is 0 Å². The number of amides is 1. The summed E-state index contributed by atoms with van der Waals surface area (Å²) in [4.78, 5) is 11.9. The van der Waals surface area contributed by atoms with Crippen LogP contribution in [-0.4, -0.2) is 25.0 Å². The summed E-state index contributed by atoms with van der Waals surface area (Å²) in [5, 5.41) is 3.93. The average Bonchev–Trinajstić information content (AvgIpc) is 2.28. The Hall–Kier alpha value is -1.87. The molecule has 0 bridgehead atoms. The third-order valence-corrected chi connectivity index (χ3v) is 2.66. The Morgan fingerprint density at radius 1 is 1.18 bits per heavy atom. The van der Waals surface area contributed by atoms with Gasteiger partial charge in [-0.05, 0) is 35.4 Å². The molecule has 3 nitrogen and oxygen atoms in total. The quantitative estimate of drug-likeness (QED) is 0.800. The van der Waals surface area contributed by atoms with Gasteiger partial charge in [0, 0.05) is 19.7 Å². The Bertz CT molecular complexity index is 561. The van der Waals surface area contributed by atoms with Gasteiger partial charge in [0.05, 0.1) is 0 Å². The number of benzene rings is 2. The molecule has 2 aromatic carbocycles. The van der Waals surface area contributed by atoms with Gasteiger partial charge in [0.2, 0.25) is 0 Å². The third-order valence-electron chi connectivity index (χ3n) is 2.66. The average molecular weight is 228 g/mol. The molecule has 2 aromatic rings. The topological polar surface area (TPSA) is 32.3 Å². The number of carbonyl (C=O) groups excluding carboxylic acids is 1. The first kappa shape index (κ1) is 11.6. The van der Waals surface area contributed by atoms with Gasteiger partial charge in [0.25, 0.3) is 5.91 Å². The van der Waals surface area contributed by atoms with E-state index in [1.54, 1.807) is 19.1 Å². The standard InChI is InChI=1S/C14H16N2O/c1-10-8-12(14(17)15-16(2)3)9-11-6-4-5-7-13(10)11/h4-9H,1-3H3,(H,15,17). The minimum absolute atomic E-state index is 0.0798. The molecule has 0 aliphatic carbocycles. The van der Waals surface area contributed by atoms with Crippen LogP contribution in [0.25, 0.3) is 10.8 Å². The molecule has 88 valence electrons. The molecule has 17 heavy (non-hydrogen) atoms. The summed E-state index contributed by atoms with van der Waals surface area (Å²) >= 11 is 0. The van der Waals surface area contributed by atoms with Gasteiger partial charge in [0.1, 0.15) is 0 Å². The zero-order chi connectivity index (χ0) is 12.4. The summed E-state index contributed by atoms with van der Waals surface area (Å²) in [6, 6.07) is 11.9. The molecule has 0 aromatic heterocycles. The van der Waals surface area contributed by atoms with Crippen molar-refractivity contribution in [1.29, 1.82) is 0 Å². The lowest BCUT2D eigenvalue weighted by Gasteiger charge is -2.13. The van der Waals surface area contributed by atoms with Crippen LogP contribution in [0.3, 0.4) is 0 Å². The van der Waals surface area contributed by atoms with Crippen LogP contribution >= 0.6 is 0 Å². The first-order valence-corrected chi connectivity index (χ1v) is 5.55. The fourth-order valence-corrected chi connectivity index (χ4v) is 1.90. The summed E-state index contributed by atoms with van der Waals surface area (Å²) in [7, 11) is 3.59. The number of hydrazine groups is 1. The van der Waals surface area contributed by atoms with Gasteiger partial charge in [-0.3, -0.25) is 10.2 Å². The van der Waals surface area contributed by atoms with E-state index in [0.29, 0.717) is 5.56 Å². The third kappa shape index (κ3) is 2.45. The molecule has 0 spiro atoms. The summed E-state index contributed by atoms with van der Waals surface area (Å²) in [5.74, 6) is -0.0798. The van der Waals surface area contributed by atoms with Gasteiger partial charge in [-0.25, -0.2) is 5.01 Å². The first-order chi connectivity index (χ1) is 8.08. The van der Waals surface area contributed by atoms with Crippen LogP contribution in [0.2, 0.25) is 0 Å². The second-order valence-corrected chi connectivity index (χ2v) is 4.35. The number of hydrogen-bond acceptors (Lipinski definition) is 2. The van der Waals surface area contributed by atoms with Crippen molar-refractivity contribution in [2.75, 3.05) is 14.1 Å². The highest BCUT2D eigenvalue weighted by Gasteiger charge is 2.08. The maximum Gasteiger partial charge on any atom is 0.265 e. The molecule has 0 fully saturated rings. The summed E-state index contributed by atoms with van der Waals surface area (Å²) < 4.78 is 0. The molecular formula is C14H16N2O. The lowest BCUT2D eigenvalue weighted by molar-refractivity contribution is 0.0857. The SMILES string of the molecule is Cc1cc(C(=O)NN(C)C)cc2ccccc12. The second kappa shape index (κ2) is 4.55. The second-order valence-electron chi connectivity index (χ2n) is 4.35. The predicted molar refractivity (Wildman–Crippen MR) is 69.8 cm³/mol. The fraction of sp³-hybridized carbons (Fsp3) is 0.214. The number of nitrogens with zero attached hydrogens (tertiary/aromatic N) is 1. The minimum atomic E-state index is -0.0798. The summed E-state index contributed by atoms with van der Waals surface area (Å²) in [5.41, 5.74) is 4.55. The first-order valence-electron chi connectivity index (χ1n) is 5.55. The molecule has 0 radical (unpaired) electrons. The van der Waals surface area contributed by atoms with Crippen LogP contribution in [0.1, 0.15) is 15.9 Å². The van der Waals surface area contributed by atoms with Crippen molar-refractivity contribution in [3.63, 3.8) is 0 Å². The Kier molecular flexibility index (Phi) is 3.11. The molecule has 0 atom stereocenters. The number of fused-ring (bicyclic) bond motifs is 1. The molecule has 0 heterocycles. The smallest absolute Gasteiger partial charge is 0.265 e. The molecule has 2 rings (SSSR count). The minimum Gasteiger partial charge on any atom is -0.285 e. The van der Waals surface area contributed by atoms with Crippen LogP contribution in [0, 0.1) is 6.92 Å². The largest absolute Gasteiger partial charge is 0.285 e. The van der Waals surface area contributed by atoms with Crippen molar-refractivity contribution in [2.45, 2.75) is 6.92 Å². The zero-order valence-electron chi connectivity index (χ0n) is 10.3. The monoisotopic (exact) mass is 228 g/mol. The highest BCUT2D eigenvalue weighted by Crippen LogP contribution is 2.20. The molecular weight excluding hydrogens is 212 g/mol. The fourth-order valence-electron chi connectivity index (χ4n) is 1.90. The number of rotatable bonds is 2. The van der Waals surface area contributed by atoms with Crippen molar-refractivity contribution in [3.05, 3.63) is 47.5 Å².